The van der Waals surface area contributed by atoms with Gasteiger partial charge in [0.05, 0.1) is 0 Å². The Morgan fingerprint density at radius 1 is 0.578 bits per heavy atom. The minimum Gasteiger partial charge on any atom is -0.657 e. The monoisotopic (exact) mass is 640 g/mol. The van der Waals surface area contributed by atoms with Crippen LogP contribution in [-0.4, -0.2) is 22.2 Å². The molecule has 5 heterocycles. The number of carbonyl (C=O) groups is 2. The predicted molar refractivity (Wildman–Crippen MR) is 174 cm³/mol. The molecule has 0 atom stereocenters. The first-order chi connectivity index (χ1) is 21.1. The van der Waals surface area contributed by atoms with Gasteiger partial charge in [-0.15, -0.1) is 44.2 Å². The number of carboxylic acids is 2. The summed E-state index contributed by atoms with van der Waals surface area (Å²) in [5.74, 6) is -1.83. The van der Waals surface area contributed by atoms with E-state index in [9.17, 15) is 19.8 Å². The van der Waals surface area contributed by atoms with Crippen LogP contribution < -0.4 is 41.3 Å². The molecule has 0 saturated carbocycles. The minimum absolute atomic E-state index is 0. The Balaban J connectivity index is 0.00000461. The third-order valence-corrected chi connectivity index (χ3v) is 8.03. The second-order valence-electron chi connectivity index (χ2n) is 10.6. The number of fused-ring (bicyclic) bond motifs is 8. The van der Waals surface area contributed by atoms with E-state index in [0.29, 0.717) is 44.2 Å². The molecule has 0 radical (unpaired) electrons. The van der Waals surface area contributed by atoms with Gasteiger partial charge in [-0.1, -0.05) is 97.2 Å². The maximum Gasteiger partial charge on any atom is 4.00 e. The number of rotatable bonds is 10. The molecule has 0 aliphatic carbocycles. The molecule has 9 heteroatoms. The second-order valence-corrected chi connectivity index (χ2v) is 10.6. The van der Waals surface area contributed by atoms with Crippen molar-refractivity contribution in [3.63, 3.8) is 0 Å². The average molecular weight is 641 g/mol. The summed E-state index contributed by atoms with van der Waals surface area (Å²) >= 11 is 0. The fourth-order valence-electron chi connectivity index (χ4n) is 5.74. The van der Waals surface area contributed by atoms with Gasteiger partial charge >= 0.3 is 29.0 Å². The van der Waals surface area contributed by atoms with E-state index in [1.165, 1.54) is 0 Å². The molecular weight excluding hydrogens is 608 g/mol. The third-order valence-electron chi connectivity index (χ3n) is 8.03. The van der Waals surface area contributed by atoms with Gasteiger partial charge in [-0.3, -0.25) is 9.59 Å². The van der Waals surface area contributed by atoms with E-state index in [1.54, 1.807) is 24.3 Å². The van der Waals surface area contributed by atoms with Crippen LogP contribution in [-0.2, 0) is 39.5 Å². The molecule has 0 aromatic carbocycles. The van der Waals surface area contributed by atoms with Crippen LogP contribution in [0.4, 0.5) is 0 Å². The smallest absolute Gasteiger partial charge is 0.657 e. The molecule has 45 heavy (non-hydrogen) atoms. The first-order valence-corrected chi connectivity index (χ1v) is 14.2. The van der Waals surface area contributed by atoms with E-state index in [4.69, 9.17) is 19.9 Å². The Labute approximate surface area is 271 Å². The van der Waals surface area contributed by atoms with Crippen LogP contribution in [0.15, 0.2) is 26.3 Å². The Morgan fingerprint density at radius 2 is 1.00 bits per heavy atom. The average Bonchev–Trinajstić information content (AvgIpc) is 3.67. The zero-order chi connectivity index (χ0) is 31.7. The fourth-order valence-corrected chi connectivity index (χ4v) is 5.74. The van der Waals surface area contributed by atoms with Crippen molar-refractivity contribution in [1.82, 2.24) is 19.9 Å². The Morgan fingerprint density at radius 3 is 1.51 bits per heavy atom. The SMILES string of the molecule is C=Cc1c2[n-]c(c1C=C)/C=c1\[n-]/c(c(CCC(=O)O)c1C)=C\c1[n-]c(c(C)c1CCC(=O)O)C=c1[n-]c(c(C=C)c1C=C)=C2.[Fe+4]. The van der Waals surface area contributed by atoms with E-state index in [1.807, 2.05) is 38.2 Å². The molecule has 0 amide bonds. The summed E-state index contributed by atoms with van der Waals surface area (Å²) in [6.07, 6.45) is 14.8. The summed E-state index contributed by atoms with van der Waals surface area (Å²) in [7, 11) is 0. The molecule has 228 valence electrons. The molecule has 2 N–H and O–H groups in total. The molecule has 1 aliphatic rings. The van der Waals surface area contributed by atoms with Gasteiger partial charge in [0.2, 0.25) is 0 Å². The van der Waals surface area contributed by atoms with Crippen molar-refractivity contribution in [3.05, 3.63) is 115 Å². The van der Waals surface area contributed by atoms with Crippen LogP contribution in [0.2, 0.25) is 0 Å². The maximum absolute atomic E-state index is 11.6. The van der Waals surface area contributed by atoms with Crippen LogP contribution in [0.25, 0.3) is 48.6 Å². The van der Waals surface area contributed by atoms with Gasteiger partial charge in [0.25, 0.3) is 0 Å². The summed E-state index contributed by atoms with van der Waals surface area (Å²) in [4.78, 5) is 42.8. The topological polar surface area (TPSA) is 131 Å². The molecular formula is C36H32FeN4O4. The van der Waals surface area contributed by atoms with Gasteiger partial charge in [0, 0.05) is 12.8 Å². The van der Waals surface area contributed by atoms with Crippen molar-refractivity contribution < 1.29 is 36.9 Å². The summed E-state index contributed by atoms with van der Waals surface area (Å²) < 4.78 is 0. The van der Waals surface area contributed by atoms with Gasteiger partial charge in [0.1, 0.15) is 0 Å². The van der Waals surface area contributed by atoms with Crippen LogP contribution >= 0.6 is 0 Å². The number of hydrogen-bond donors (Lipinski definition) is 2. The summed E-state index contributed by atoms with van der Waals surface area (Å²) in [6.45, 7) is 19.9. The second kappa shape index (κ2) is 13.3. The van der Waals surface area contributed by atoms with E-state index in [2.05, 4.69) is 26.3 Å². The molecule has 0 unspecified atom stereocenters. The van der Waals surface area contributed by atoms with Crippen LogP contribution in [0, 0.1) is 13.8 Å². The normalized spacial score (nSPS) is 13.1. The number of aliphatic carboxylic acids is 2. The third kappa shape index (κ3) is 6.18. The van der Waals surface area contributed by atoms with Crippen molar-refractivity contribution in [1.29, 1.82) is 0 Å². The minimum atomic E-state index is -0.914. The summed E-state index contributed by atoms with van der Waals surface area (Å²) in [5.41, 5.74) is 8.90. The van der Waals surface area contributed by atoms with Gasteiger partial charge in [-0.25, -0.2) is 0 Å². The first-order valence-electron chi connectivity index (χ1n) is 14.2. The van der Waals surface area contributed by atoms with Gasteiger partial charge in [0.15, 0.2) is 0 Å². The molecule has 8 nitrogen and oxygen atoms in total. The molecule has 4 aromatic rings. The van der Waals surface area contributed by atoms with E-state index in [0.717, 1.165) is 44.5 Å². The molecule has 1 aliphatic heterocycles. The van der Waals surface area contributed by atoms with E-state index in [-0.39, 0.29) is 42.8 Å². The van der Waals surface area contributed by atoms with E-state index >= 15 is 0 Å². The summed E-state index contributed by atoms with van der Waals surface area (Å²) in [6, 6.07) is 0. The van der Waals surface area contributed by atoms with Gasteiger partial charge < -0.3 is 30.1 Å². The molecule has 0 spiro atoms. The summed E-state index contributed by atoms with van der Waals surface area (Å²) in [5, 5.41) is 21.5. The van der Waals surface area contributed by atoms with Gasteiger partial charge in [-0.2, -0.15) is 0 Å². The Bertz CT molecular complexity index is 2130. The molecule has 4 aromatic heterocycles. The first kappa shape index (κ1) is 32.9. The Hall–Kier alpha value is -4.98. The quantitative estimate of drug-likeness (QED) is 0.223. The number of carboxylic acid groups (broad SMARTS) is 2. The molecule has 5 rings (SSSR count). The number of aromatic nitrogens is 4. The van der Waals surface area contributed by atoms with Crippen molar-refractivity contribution >= 4 is 60.5 Å². The van der Waals surface area contributed by atoms with Crippen LogP contribution in [0.3, 0.4) is 0 Å². The van der Waals surface area contributed by atoms with Gasteiger partial charge in [-0.05, 0) is 48.9 Å². The van der Waals surface area contributed by atoms with Crippen molar-refractivity contribution in [3.8, 4) is 0 Å². The van der Waals surface area contributed by atoms with Crippen molar-refractivity contribution in [2.45, 2.75) is 39.5 Å². The zero-order valence-electron chi connectivity index (χ0n) is 25.1. The molecule has 0 fully saturated rings. The van der Waals surface area contributed by atoms with Crippen molar-refractivity contribution in [2.24, 2.45) is 0 Å². The standard InChI is InChI=1S/C36H32N4O4.Fe/c1-7-21-23(9-3)31-17-32-24(10-4)22(8-2)30(40-32)16-28-20(6)26(12-14-36(43)44)34(38-28)18-33-25(11-13-35(41)42)19(5)27(37-33)15-29(21)39-31;/h7-10,15-18H,1-4,11-14H2,5-6H3,(H,41,42)(H,43,44);/q-4;+4/b27-15-,28-16?,29-15?,30-16?,31-17?,32-17?,33-18-,34-18?;. The van der Waals surface area contributed by atoms with Crippen LogP contribution in [0.1, 0.15) is 80.1 Å². The van der Waals surface area contributed by atoms with Crippen LogP contribution in [0.5, 0.6) is 0 Å². The van der Waals surface area contributed by atoms with Crippen molar-refractivity contribution in [2.75, 3.05) is 0 Å². The molecule has 0 saturated heterocycles. The molecule has 8 bridgehead atoms. The fraction of sp³-hybridized carbons (Fsp3) is 0.167. The number of nitrogens with zero attached hydrogens (tertiary/aromatic N) is 4. The predicted octanol–water partition coefficient (Wildman–Crippen LogP) is 2.36. The van der Waals surface area contributed by atoms with E-state index < -0.39 is 11.9 Å². The maximum atomic E-state index is 11.6. The Kier molecular flexibility index (Phi) is 9.76. The zero-order valence-corrected chi connectivity index (χ0v) is 26.2. The number of hydrogen-bond acceptors (Lipinski definition) is 2. The largest absolute Gasteiger partial charge is 4.00 e.